The molecule has 0 aromatic carbocycles. The van der Waals surface area contributed by atoms with Crippen LogP contribution in [0, 0.1) is 0 Å². The number of furan rings is 1. The number of hydrogen-bond donors (Lipinski definition) is 1. The lowest BCUT2D eigenvalue weighted by Gasteiger charge is -2.40. The van der Waals surface area contributed by atoms with Gasteiger partial charge >= 0.3 is 0 Å². The van der Waals surface area contributed by atoms with E-state index in [4.69, 9.17) is 9.15 Å². The van der Waals surface area contributed by atoms with Crippen molar-refractivity contribution in [1.29, 1.82) is 0 Å². The number of ether oxygens (including phenoxy) is 1. The van der Waals surface area contributed by atoms with Gasteiger partial charge in [0.2, 0.25) is 5.09 Å². The topological polar surface area (TPSA) is 71.8 Å². The Morgan fingerprint density at radius 3 is 2.60 bits per heavy atom. The molecule has 1 saturated carbocycles. The van der Waals surface area contributed by atoms with Gasteiger partial charge in [-0.15, -0.1) is 0 Å². The van der Waals surface area contributed by atoms with Crippen molar-refractivity contribution in [3.05, 3.63) is 17.9 Å². The molecule has 1 heterocycles. The maximum atomic E-state index is 11.9. The molecule has 0 atom stereocenters. The molecular weight excluding hydrogens is 280 g/mol. The van der Waals surface area contributed by atoms with Gasteiger partial charge in [-0.05, 0) is 31.4 Å². The Kier molecular flexibility index (Phi) is 4.53. The fourth-order valence-electron chi connectivity index (χ4n) is 2.21. The van der Waals surface area contributed by atoms with Gasteiger partial charge in [0.05, 0.1) is 12.1 Å². The third-order valence-electron chi connectivity index (χ3n) is 3.82. The number of nitrogens with zero attached hydrogens (tertiary/aromatic N) is 1. The van der Waals surface area contributed by atoms with E-state index in [1.54, 1.807) is 13.2 Å². The number of nitrogens with one attached hydrogen (secondary N) is 1. The highest BCUT2D eigenvalue weighted by molar-refractivity contribution is 7.88. The summed E-state index contributed by atoms with van der Waals surface area (Å²) in [6, 6.07) is 3.17. The van der Waals surface area contributed by atoms with Crippen molar-refractivity contribution >= 4 is 10.0 Å². The first-order chi connectivity index (χ1) is 9.39. The van der Waals surface area contributed by atoms with Gasteiger partial charge in [-0.25, -0.2) is 12.7 Å². The van der Waals surface area contributed by atoms with Gasteiger partial charge in [0.1, 0.15) is 5.76 Å². The van der Waals surface area contributed by atoms with Crippen molar-refractivity contribution in [3.8, 4) is 0 Å². The number of hydrogen-bond acceptors (Lipinski definition) is 5. The molecule has 0 unspecified atom stereocenters. The molecule has 2 rings (SSSR count). The molecular formula is C13H22N2O4S. The van der Waals surface area contributed by atoms with Gasteiger partial charge in [0, 0.05) is 27.7 Å². The molecule has 0 amide bonds. The van der Waals surface area contributed by atoms with Gasteiger partial charge in [0.25, 0.3) is 10.0 Å². The Morgan fingerprint density at radius 1 is 1.40 bits per heavy atom. The molecule has 0 spiro atoms. The monoisotopic (exact) mass is 302 g/mol. The zero-order valence-corrected chi connectivity index (χ0v) is 13.0. The maximum Gasteiger partial charge on any atom is 0.275 e. The quantitative estimate of drug-likeness (QED) is 0.819. The molecule has 1 fully saturated rings. The first-order valence-electron chi connectivity index (χ1n) is 6.67. The van der Waals surface area contributed by atoms with E-state index < -0.39 is 10.0 Å². The van der Waals surface area contributed by atoms with Gasteiger partial charge in [-0.3, -0.25) is 0 Å². The molecule has 1 aliphatic carbocycles. The van der Waals surface area contributed by atoms with Crippen LogP contribution in [-0.4, -0.2) is 46.1 Å². The summed E-state index contributed by atoms with van der Waals surface area (Å²) in [4.78, 5) is 0. The summed E-state index contributed by atoms with van der Waals surface area (Å²) in [6.45, 7) is 1.24. The fraction of sp³-hybridized carbons (Fsp3) is 0.692. The second-order valence-electron chi connectivity index (χ2n) is 5.35. The van der Waals surface area contributed by atoms with Crippen LogP contribution in [0.2, 0.25) is 0 Å². The zero-order chi connectivity index (χ0) is 14.8. The van der Waals surface area contributed by atoms with E-state index in [0.717, 1.165) is 23.7 Å². The average Bonchev–Trinajstić information content (AvgIpc) is 2.82. The Bertz CT molecular complexity index is 541. The fourth-order valence-corrected chi connectivity index (χ4v) is 3.02. The molecule has 114 valence electrons. The predicted octanol–water partition coefficient (Wildman–Crippen LogP) is 1.19. The van der Waals surface area contributed by atoms with Crippen LogP contribution in [0.1, 0.15) is 25.0 Å². The van der Waals surface area contributed by atoms with E-state index in [1.165, 1.54) is 26.6 Å². The lowest BCUT2D eigenvalue weighted by atomic mass is 9.80. The molecule has 20 heavy (non-hydrogen) atoms. The third-order valence-corrected chi connectivity index (χ3v) is 5.51. The lowest BCUT2D eigenvalue weighted by Crippen LogP contribution is -2.47. The van der Waals surface area contributed by atoms with E-state index in [9.17, 15) is 8.42 Å². The van der Waals surface area contributed by atoms with Crippen LogP contribution < -0.4 is 5.32 Å². The van der Waals surface area contributed by atoms with E-state index in [-0.39, 0.29) is 10.7 Å². The van der Waals surface area contributed by atoms with Crippen LogP contribution in [0.25, 0.3) is 0 Å². The van der Waals surface area contributed by atoms with Gasteiger partial charge < -0.3 is 14.5 Å². The summed E-state index contributed by atoms with van der Waals surface area (Å²) in [5.41, 5.74) is -0.0505. The summed E-state index contributed by atoms with van der Waals surface area (Å²) in [5.74, 6) is 0.607. The van der Waals surface area contributed by atoms with Crippen molar-refractivity contribution in [2.45, 2.75) is 36.5 Å². The van der Waals surface area contributed by atoms with E-state index in [0.29, 0.717) is 12.3 Å². The smallest absolute Gasteiger partial charge is 0.275 e. The average molecular weight is 302 g/mol. The van der Waals surface area contributed by atoms with Crippen LogP contribution in [0.3, 0.4) is 0 Å². The first-order valence-corrected chi connectivity index (χ1v) is 8.11. The number of methoxy groups -OCH3 is 1. The summed E-state index contributed by atoms with van der Waals surface area (Å²) >= 11 is 0. The highest BCUT2D eigenvalue weighted by Gasteiger charge is 2.36. The van der Waals surface area contributed by atoms with Crippen molar-refractivity contribution < 1.29 is 17.6 Å². The number of rotatable bonds is 7. The summed E-state index contributed by atoms with van der Waals surface area (Å²) in [7, 11) is 1.20. The van der Waals surface area contributed by atoms with Crippen LogP contribution in [0.5, 0.6) is 0 Å². The van der Waals surface area contributed by atoms with Gasteiger partial charge in [-0.2, -0.15) is 0 Å². The molecule has 1 aromatic heterocycles. The summed E-state index contributed by atoms with van der Waals surface area (Å²) < 4.78 is 35.8. The molecule has 0 bridgehead atoms. The molecule has 0 saturated heterocycles. The van der Waals surface area contributed by atoms with Crippen LogP contribution in [-0.2, 0) is 21.3 Å². The minimum atomic E-state index is -3.49. The van der Waals surface area contributed by atoms with E-state index in [2.05, 4.69) is 5.32 Å². The van der Waals surface area contributed by atoms with Crippen molar-refractivity contribution in [3.63, 3.8) is 0 Å². The van der Waals surface area contributed by atoms with Crippen molar-refractivity contribution in [2.24, 2.45) is 0 Å². The van der Waals surface area contributed by atoms with Crippen LogP contribution in [0.4, 0.5) is 0 Å². The molecule has 7 heteroatoms. The van der Waals surface area contributed by atoms with Crippen LogP contribution in [0.15, 0.2) is 21.6 Å². The van der Waals surface area contributed by atoms with Gasteiger partial charge in [0.15, 0.2) is 0 Å². The predicted molar refractivity (Wildman–Crippen MR) is 74.9 cm³/mol. The first kappa shape index (κ1) is 15.5. The molecule has 1 N–H and O–H groups in total. The second kappa shape index (κ2) is 5.85. The maximum absolute atomic E-state index is 11.9. The number of sulfonamides is 1. The van der Waals surface area contributed by atoms with Crippen LogP contribution >= 0.6 is 0 Å². The normalized spacial score (nSPS) is 18.2. The molecule has 6 nitrogen and oxygen atoms in total. The second-order valence-corrected chi connectivity index (χ2v) is 7.44. The Hall–Kier alpha value is -0.890. The molecule has 1 aliphatic rings. The van der Waals surface area contributed by atoms with Gasteiger partial charge in [-0.1, -0.05) is 0 Å². The molecule has 1 aromatic rings. The highest BCUT2D eigenvalue weighted by Crippen LogP contribution is 2.34. The van der Waals surface area contributed by atoms with Crippen molar-refractivity contribution in [1.82, 2.24) is 9.62 Å². The largest absolute Gasteiger partial charge is 0.447 e. The van der Waals surface area contributed by atoms with E-state index >= 15 is 0 Å². The molecule has 0 aliphatic heterocycles. The Balaban J connectivity index is 1.90. The third kappa shape index (κ3) is 3.06. The highest BCUT2D eigenvalue weighted by atomic mass is 32.2. The van der Waals surface area contributed by atoms with E-state index in [1.807, 2.05) is 0 Å². The SMILES string of the molecule is COC1(CNCc2ccc(S(=O)(=O)N(C)C)o2)CCC1. The molecule has 0 radical (unpaired) electrons. The zero-order valence-electron chi connectivity index (χ0n) is 12.2. The Morgan fingerprint density at radius 2 is 2.10 bits per heavy atom. The Labute approximate surface area is 120 Å². The summed E-state index contributed by atoms with van der Waals surface area (Å²) in [5, 5.41) is 3.24. The minimum absolute atomic E-state index is 0.0237. The minimum Gasteiger partial charge on any atom is -0.447 e. The van der Waals surface area contributed by atoms with Crippen molar-refractivity contribution in [2.75, 3.05) is 27.7 Å². The lowest BCUT2D eigenvalue weighted by molar-refractivity contribution is -0.0697. The standard InChI is InChI=1S/C13H22N2O4S/c1-15(2)20(16,17)12-6-5-11(19-12)9-14-10-13(18-3)7-4-8-13/h5-6,14H,4,7-10H2,1-3H3. The summed E-state index contributed by atoms with van der Waals surface area (Å²) in [6.07, 6.45) is 3.32.